The second-order valence-corrected chi connectivity index (χ2v) is 4.66. The van der Waals surface area contributed by atoms with E-state index in [2.05, 4.69) is 0 Å². The van der Waals surface area contributed by atoms with Gasteiger partial charge in [-0.05, 0) is 49.4 Å². The topological polar surface area (TPSA) is 37.3 Å². The maximum Gasteiger partial charge on any atom is 0.314 e. The second-order valence-electron chi connectivity index (χ2n) is 4.66. The zero-order chi connectivity index (χ0) is 11.9. The summed E-state index contributed by atoms with van der Waals surface area (Å²) in [4.78, 5) is 11.4. The molecule has 1 aliphatic carbocycles. The van der Waals surface area contributed by atoms with Gasteiger partial charge in [-0.25, -0.2) is 4.39 Å². The largest absolute Gasteiger partial charge is 0.481 e. The van der Waals surface area contributed by atoms with Crippen LogP contribution in [0.4, 0.5) is 4.39 Å². The molecule has 0 bridgehead atoms. The van der Waals surface area contributed by atoms with Crippen molar-refractivity contribution in [3.8, 4) is 0 Å². The van der Waals surface area contributed by atoms with Crippen molar-refractivity contribution in [2.45, 2.75) is 38.5 Å². The third-order valence-electron chi connectivity index (χ3n) is 3.64. The van der Waals surface area contributed by atoms with E-state index >= 15 is 0 Å². The summed E-state index contributed by atoms with van der Waals surface area (Å²) in [7, 11) is 0. The lowest BCUT2D eigenvalue weighted by molar-refractivity contribution is -0.147. The van der Waals surface area contributed by atoms with E-state index in [1.807, 2.05) is 0 Å². The summed E-state index contributed by atoms with van der Waals surface area (Å²) < 4.78 is 13.3. The Morgan fingerprint density at radius 1 is 1.31 bits per heavy atom. The van der Waals surface area contributed by atoms with Crippen LogP contribution in [0.5, 0.6) is 0 Å². The van der Waals surface area contributed by atoms with Gasteiger partial charge in [0.15, 0.2) is 0 Å². The van der Waals surface area contributed by atoms with Gasteiger partial charge in [0.1, 0.15) is 5.82 Å². The van der Waals surface area contributed by atoms with Crippen molar-refractivity contribution in [1.82, 2.24) is 0 Å². The lowest BCUT2D eigenvalue weighted by atomic mass is 9.63. The molecule has 2 rings (SSSR count). The Hall–Kier alpha value is -1.38. The van der Waals surface area contributed by atoms with E-state index in [9.17, 15) is 14.3 Å². The average molecular weight is 222 g/mol. The van der Waals surface area contributed by atoms with Gasteiger partial charge in [-0.3, -0.25) is 4.79 Å². The van der Waals surface area contributed by atoms with Gasteiger partial charge in [-0.15, -0.1) is 0 Å². The Bertz CT molecular complexity index is 447. The highest BCUT2D eigenvalue weighted by molar-refractivity contribution is 5.83. The molecule has 0 amide bonds. The molecule has 0 unspecified atom stereocenters. The van der Waals surface area contributed by atoms with E-state index in [-0.39, 0.29) is 5.82 Å². The molecule has 0 radical (unpaired) electrons. The van der Waals surface area contributed by atoms with Crippen LogP contribution in [-0.4, -0.2) is 11.1 Å². The molecule has 0 spiro atoms. The summed E-state index contributed by atoms with van der Waals surface area (Å²) in [6, 6.07) is 3.13. The molecule has 1 aromatic rings. The highest BCUT2D eigenvalue weighted by Crippen LogP contribution is 2.45. The Morgan fingerprint density at radius 2 is 1.94 bits per heavy atom. The first-order valence-corrected chi connectivity index (χ1v) is 5.48. The molecule has 2 nitrogen and oxygen atoms in total. The predicted octanol–water partition coefficient (Wildman–Crippen LogP) is 2.95. The summed E-state index contributed by atoms with van der Waals surface area (Å²) in [6.45, 7) is 3.45. The Morgan fingerprint density at radius 3 is 2.38 bits per heavy atom. The molecule has 0 aliphatic heterocycles. The van der Waals surface area contributed by atoms with Crippen LogP contribution in [0, 0.1) is 19.7 Å². The van der Waals surface area contributed by atoms with Crippen LogP contribution in [-0.2, 0) is 10.2 Å². The highest BCUT2D eigenvalue weighted by Gasteiger charge is 2.46. The molecular weight excluding hydrogens is 207 g/mol. The maximum absolute atomic E-state index is 13.3. The van der Waals surface area contributed by atoms with Crippen LogP contribution >= 0.6 is 0 Å². The van der Waals surface area contributed by atoms with Gasteiger partial charge < -0.3 is 5.11 Å². The van der Waals surface area contributed by atoms with Crippen LogP contribution in [0.1, 0.15) is 36.0 Å². The molecule has 0 heterocycles. The zero-order valence-electron chi connectivity index (χ0n) is 9.51. The molecule has 0 atom stereocenters. The molecule has 1 aliphatic rings. The van der Waals surface area contributed by atoms with E-state index in [0.717, 1.165) is 17.5 Å². The Labute approximate surface area is 94.1 Å². The van der Waals surface area contributed by atoms with Crippen LogP contribution in [0.2, 0.25) is 0 Å². The van der Waals surface area contributed by atoms with Crippen molar-refractivity contribution in [2.75, 3.05) is 0 Å². The first-order chi connectivity index (χ1) is 7.47. The van der Waals surface area contributed by atoms with Gasteiger partial charge in [0.05, 0.1) is 5.41 Å². The number of halogens is 1. The van der Waals surface area contributed by atoms with E-state index in [4.69, 9.17) is 0 Å². The quantitative estimate of drug-likeness (QED) is 0.835. The number of carboxylic acids is 1. The molecule has 0 aromatic heterocycles. The molecule has 1 aromatic carbocycles. The maximum atomic E-state index is 13.3. The third-order valence-corrected chi connectivity index (χ3v) is 3.64. The van der Waals surface area contributed by atoms with E-state index in [1.54, 1.807) is 19.9 Å². The van der Waals surface area contributed by atoms with Gasteiger partial charge in [-0.1, -0.05) is 12.5 Å². The summed E-state index contributed by atoms with van der Waals surface area (Å²) >= 11 is 0. The van der Waals surface area contributed by atoms with Gasteiger partial charge in [0.2, 0.25) is 0 Å². The summed E-state index contributed by atoms with van der Waals surface area (Å²) in [5.74, 6) is -1.05. The van der Waals surface area contributed by atoms with Crippen molar-refractivity contribution in [3.05, 3.63) is 34.6 Å². The standard InChI is InChI=1S/C13H15FO2/c1-8-7-11(14)9(2)6-10(8)13(12(15)16)4-3-5-13/h6-7H,3-5H2,1-2H3,(H,15,16). The van der Waals surface area contributed by atoms with E-state index < -0.39 is 11.4 Å². The lowest BCUT2D eigenvalue weighted by Crippen LogP contribution is -2.43. The number of carboxylic acid groups (broad SMARTS) is 1. The van der Waals surface area contributed by atoms with Crippen LogP contribution < -0.4 is 0 Å². The van der Waals surface area contributed by atoms with Gasteiger partial charge in [0, 0.05) is 0 Å². The number of benzene rings is 1. The lowest BCUT2D eigenvalue weighted by Gasteiger charge is -2.39. The van der Waals surface area contributed by atoms with Gasteiger partial charge in [0.25, 0.3) is 0 Å². The average Bonchev–Trinajstić information content (AvgIpc) is 2.11. The number of carbonyl (C=O) groups is 1. The van der Waals surface area contributed by atoms with Crippen molar-refractivity contribution in [3.63, 3.8) is 0 Å². The molecule has 1 fully saturated rings. The summed E-state index contributed by atoms with van der Waals surface area (Å²) in [5, 5.41) is 9.33. The molecular formula is C13H15FO2. The summed E-state index contributed by atoms with van der Waals surface area (Å²) in [6.07, 6.45) is 2.25. The number of rotatable bonds is 2. The monoisotopic (exact) mass is 222 g/mol. The minimum Gasteiger partial charge on any atom is -0.481 e. The van der Waals surface area contributed by atoms with Crippen molar-refractivity contribution >= 4 is 5.97 Å². The second kappa shape index (κ2) is 3.58. The molecule has 1 N–H and O–H groups in total. The number of hydrogen-bond donors (Lipinski definition) is 1. The van der Waals surface area contributed by atoms with Crippen LogP contribution in [0.25, 0.3) is 0 Å². The first kappa shape index (κ1) is 11.1. The van der Waals surface area contributed by atoms with Crippen molar-refractivity contribution in [1.29, 1.82) is 0 Å². The third kappa shape index (κ3) is 1.42. The fourth-order valence-electron chi connectivity index (χ4n) is 2.43. The summed E-state index contributed by atoms with van der Waals surface area (Å²) in [5.41, 5.74) is 1.28. The minimum atomic E-state index is -0.784. The Balaban J connectivity index is 2.55. The minimum absolute atomic E-state index is 0.263. The van der Waals surface area contributed by atoms with Crippen molar-refractivity contribution < 1.29 is 14.3 Å². The first-order valence-electron chi connectivity index (χ1n) is 5.48. The highest BCUT2D eigenvalue weighted by atomic mass is 19.1. The zero-order valence-corrected chi connectivity index (χ0v) is 9.51. The molecule has 86 valence electrons. The molecule has 16 heavy (non-hydrogen) atoms. The Kier molecular flexibility index (Phi) is 2.49. The predicted molar refractivity (Wildman–Crippen MR) is 59.0 cm³/mol. The molecule has 3 heteroatoms. The molecule has 0 saturated heterocycles. The van der Waals surface area contributed by atoms with E-state index in [1.165, 1.54) is 6.07 Å². The number of aryl methyl sites for hydroxylation is 2. The van der Waals surface area contributed by atoms with Gasteiger partial charge >= 0.3 is 5.97 Å². The number of hydrogen-bond acceptors (Lipinski definition) is 1. The molecule has 1 saturated carbocycles. The number of aliphatic carboxylic acids is 1. The SMILES string of the molecule is Cc1cc(C2(C(=O)O)CCC2)c(C)cc1F. The smallest absolute Gasteiger partial charge is 0.314 e. The van der Waals surface area contributed by atoms with Crippen LogP contribution in [0.3, 0.4) is 0 Å². The van der Waals surface area contributed by atoms with Crippen molar-refractivity contribution in [2.24, 2.45) is 0 Å². The van der Waals surface area contributed by atoms with E-state index in [0.29, 0.717) is 18.4 Å². The van der Waals surface area contributed by atoms with Gasteiger partial charge in [-0.2, -0.15) is 0 Å². The van der Waals surface area contributed by atoms with Crippen LogP contribution in [0.15, 0.2) is 12.1 Å². The normalized spacial score (nSPS) is 17.9. The fraction of sp³-hybridized carbons (Fsp3) is 0.462. The fourth-order valence-corrected chi connectivity index (χ4v) is 2.43.